The van der Waals surface area contributed by atoms with Crippen molar-refractivity contribution in [1.82, 2.24) is 14.6 Å². The van der Waals surface area contributed by atoms with E-state index in [2.05, 4.69) is 10.3 Å². The van der Waals surface area contributed by atoms with E-state index in [1.54, 1.807) is 10.5 Å². The first-order valence-electron chi connectivity index (χ1n) is 8.65. The van der Waals surface area contributed by atoms with E-state index in [-0.39, 0.29) is 23.1 Å². The number of piperidine rings is 1. The summed E-state index contributed by atoms with van der Waals surface area (Å²) in [6.45, 7) is 2.94. The Bertz CT molecular complexity index is 682. The maximum atomic E-state index is 12.4. The normalized spacial score (nSPS) is 24.2. The predicted molar refractivity (Wildman–Crippen MR) is 92.0 cm³/mol. The SMILES string of the molecule is CCCCS(=O)(=O)N1CCC2(CC1)NC(=O)C[C@H]2c1cccnc1. The molecule has 1 spiro atoms. The first-order valence-corrected chi connectivity index (χ1v) is 10.3. The van der Waals surface area contributed by atoms with E-state index < -0.39 is 10.0 Å². The zero-order chi connectivity index (χ0) is 17.2. The van der Waals surface area contributed by atoms with Gasteiger partial charge in [-0.1, -0.05) is 19.4 Å². The molecule has 2 fully saturated rings. The van der Waals surface area contributed by atoms with Gasteiger partial charge in [-0.15, -0.1) is 0 Å². The van der Waals surface area contributed by atoms with Gasteiger partial charge in [0.25, 0.3) is 0 Å². The maximum Gasteiger partial charge on any atom is 0.221 e. The molecule has 3 rings (SSSR count). The van der Waals surface area contributed by atoms with E-state index >= 15 is 0 Å². The molecule has 1 aromatic heterocycles. The van der Waals surface area contributed by atoms with Crippen LogP contribution >= 0.6 is 0 Å². The minimum Gasteiger partial charge on any atom is -0.350 e. The molecule has 7 heteroatoms. The molecule has 132 valence electrons. The highest BCUT2D eigenvalue weighted by atomic mass is 32.2. The van der Waals surface area contributed by atoms with Gasteiger partial charge in [0, 0.05) is 43.4 Å². The smallest absolute Gasteiger partial charge is 0.221 e. The van der Waals surface area contributed by atoms with Gasteiger partial charge in [-0.3, -0.25) is 9.78 Å². The van der Waals surface area contributed by atoms with Crippen molar-refractivity contribution in [3.05, 3.63) is 30.1 Å². The van der Waals surface area contributed by atoms with Crippen LogP contribution in [0.1, 0.15) is 50.5 Å². The van der Waals surface area contributed by atoms with Gasteiger partial charge in [0.2, 0.25) is 15.9 Å². The van der Waals surface area contributed by atoms with Crippen LogP contribution in [0.2, 0.25) is 0 Å². The Morgan fingerprint density at radius 2 is 2.12 bits per heavy atom. The minimum absolute atomic E-state index is 0.0474. The van der Waals surface area contributed by atoms with Gasteiger partial charge in [-0.25, -0.2) is 12.7 Å². The highest BCUT2D eigenvalue weighted by Crippen LogP contribution is 2.43. The van der Waals surface area contributed by atoms with Gasteiger partial charge in [-0.2, -0.15) is 0 Å². The molecular weight excluding hydrogens is 326 g/mol. The summed E-state index contributed by atoms with van der Waals surface area (Å²) in [6.07, 6.45) is 6.87. The Hall–Kier alpha value is -1.47. The molecule has 0 radical (unpaired) electrons. The molecule has 2 aliphatic rings. The molecule has 3 heterocycles. The summed E-state index contributed by atoms with van der Waals surface area (Å²) in [5, 5.41) is 3.14. The molecule has 1 amide bonds. The van der Waals surface area contributed by atoms with E-state index in [1.165, 1.54) is 0 Å². The van der Waals surface area contributed by atoms with Crippen LogP contribution in [0, 0.1) is 0 Å². The molecule has 1 aromatic rings. The number of aromatic nitrogens is 1. The third-order valence-corrected chi connectivity index (χ3v) is 7.25. The molecule has 0 saturated carbocycles. The number of nitrogens with zero attached hydrogens (tertiary/aromatic N) is 2. The standard InChI is InChI=1S/C17H25N3O3S/c1-2-3-11-24(22,23)20-9-6-17(7-10-20)15(12-16(21)19-17)14-5-4-8-18-13-14/h4-5,8,13,15H,2-3,6-7,9-12H2,1H3,(H,19,21)/t15-/m0/s1. The second kappa shape index (κ2) is 6.80. The van der Waals surface area contributed by atoms with Crippen LogP contribution in [0.5, 0.6) is 0 Å². The molecule has 0 aliphatic carbocycles. The number of rotatable bonds is 5. The van der Waals surface area contributed by atoms with E-state index in [0.29, 0.717) is 38.8 Å². The van der Waals surface area contributed by atoms with Gasteiger partial charge in [0.05, 0.1) is 5.75 Å². The van der Waals surface area contributed by atoms with E-state index in [9.17, 15) is 13.2 Å². The van der Waals surface area contributed by atoms with Gasteiger partial charge in [-0.05, 0) is 30.9 Å². The van der Waals surface area contributed by atoms with Crippen LogP contribution in [0.15, 0.2) is 24.5 Å². The second-order valence-corrected chi connectivity index (χ2v) is 8.90. The molecule has 1 N–H and O–H groups in total. The lowest BCUT2D eigenvalue weighted by molar-refractivity contribution is -0.120. The van der Waals surface area contributed by atoms with Gasteiger partial charge >= 0.3 is 0 Å². The lowest BCUT2D eigenvalue weighted by atomic mass is 9.75. The molecular formula is C17H25N3O3S. The number of carbonyl (C=O) groups is 1. The van der Waals surface area contributed by atoms with Crippen molar-refractivity contribution in [2.24, 2.45) is 0 Å². The molecule has 24 heavy (non-hydrogen) atoms. The van der Waals surface area contributed by atoms with Crippen molar-refractivity contribution in [1.29, 1.82) is 0 Å². The molecule has 2 saturated heterocycles. The van der Waals surface area contributed by atoms with E-state index in [4.69, 9.17) is 0 Å². The van der Waals surface area contributed by atoms with Crippen LogP contribution in [0.4, 0.5) is 0 Å². The summed E-state index contributed by atoms with van der Waals surface area (Å²) in [5.74, 6) is 0.333. The molecule has 0 unspecified atom stereocenters. The Kier molecular flexibility index (Phi) is 4.92. The van der Waals surface area contributed by atoms with E-state index in [0.717, 1.165) is 12.0 Å². The van der Waals surface area contributed by atoms with Gasteiger partial charge in [0.1, 0.15) is 0 Å². The highest BCUT2D eigenvalue weighted by Gasteiger charge is 2.49. The summed E-state index contributed by atoms with van der Waals surface area (Å²) in [7, 11) is -3.18. The largest absolute Gasteiger partial charge is 0.350 e. The third-order valence-electron chi connectivity index (χ3n) is 5.30. The van der Waals surface area contributed by atoms with Crippen molar-refractivity contribution in [2.75, 3.05) is 18.8 Å². The summed E-state index contributed by atoms with van der Waals surface area (Å²) < 4.78 is 26.4. The molecule has 0 bridgehead atoms. The quantitative estimate of drug-likeness (QED) is 0.875. The van der Waals surface area contributed by atoms with Gasteiger partial charge < -0.3 is 5.32 Å². The number of sulfonamides is 1. The Labute approximate surface area is 143 Å². The fourth-order valence-corrected chi connectivity index (χ4v) is 5.56. The molecule has 0 aromatic carbocycles. The molecule has 1 atom stereocenters. The Morgan fingerprint density at radius 3 is 2.75 bits per heavy atom. The molecule has 2 aliphatic heterocycles. The Balaban J connectivity index is 1.75. The Morgan fingerprint density at radius 1 is 1.38 bits per heavy atom. The van der Waals surface area contributed by atoms with Crippen LogP contribution in [0.25, 0.3) is 0 Å². The number of hydrogen-bond donors (Lipinski definition) is 1. The lowest BCUT2D eigenvalue weighted by Crippen LogP contribution is -2.54. The average molecular weight is 351 g/mol. The average Bonchev–Trinajstić information content (AvgIpc) is 2.90. The zero-order valence-corrected chi connectivity index (χ0v) is 14.9. The van der Waals surface area contributed by atoms with Crippen molar-refractivity contribution >= 4 is 15.9 Å². The number of nitrogens with one attached hydrogen (secondary N) is 1. The van der Waals surface area contributed by atoms with Crippen LogP contribution in [0.3, 0.4) is 0 Å². The van der Waals surface area contributed by atoms with Crippen molar-refractivity contribution in [2.45, 2.75) is 50.5 Å². The second-order valence-electron chi connectivity index (χ2n) is 6.82. The number of unbranched alkanes of at least 4 members (excludes halogenated alkanes) is 1. The first-order chi connectivity index (χ1) is 11.5. The minimum atomic E-state index is -3.18. The van der Waals surface area contributed by atoms with Crippen molar-refractivity contribution < 1.29 is 13.2 Å². The number of carbonyl (C=O) groups excluding carboxylic acids is 1. The molecule has 6 nitrogen and oxygen atoms in total. The summed E-state index contributed by atoms with van der Waals surface area (Å²) in [6, 6.07) is 3.89. The van der Waals surface area contributed by atoms with Gasteiger partial charge in [0.15, 0.2) is 0 Å². The van der Waals surface area contributed by atoms with Crippen LogP contribution in [-0.2, 0) is 14.8 Å². The number of pyridine rings is 1. The predicted octanol–water partition coefficient (Wildman–Crippen LogP) is 1.65. The lowest BCUT2D eigenvalue weighted by Gasteiger charge is -2.42. The zero-order valence-electron chi connectivity index (χ0n) is 14.1. The highest BCUT2D eigenvalue weighted by molar-refractivity contribution is 7.89. The number of hydrogen-bond acceptors (Lipinski definition) is 4. The number of amides is 1. The first kappa shape index (κ1) is 17.4. The fraction of sp³-hybridized carbons (Fsp3) is 0.647. The summed E-state index contributed by atoms with van der Waals surface area (Å²) >= 11 is 0. The van der Waals surface area contributed by atoms with Crippen molar-refractivity contribution in [3.63, 3.8) is 0 Å². The monoisotopic (exact) mass is 351 g/mol. The third kappa shape index (κ3) is 3.32. The topological polar surface area (TPSA) is 79.4 Å². The van der Waals surface area contributed by atoms with E-state index in [1.807, 2.05) is 25.3 Å². The van der Waals surface area contributed by atoms with Crippen LogP contribution < -0.4 is 5.32 Å². The maximum absolute atomic E-state index is 12.4. The fourth-order valence-electron chi connectivity index (χ4n) is 3.91. The summed E-state index contributed by atoms with van der Waals surface area (Å²) in [4.78, 5) is 16.2. The summed E-state index contributed by atoms with van der Waals surface area (Å²) in [5.41, 5.74) is 0.717. The van der Waals surface area contributed by atoms with Crippen LogP contribution in [-0.4, -0.2) is 48.0 Å². The van der Waals surface area contributed by atoms with Crippen molar-refractivity contribution in [3.8, 4) is 0 Å².